The molecule has 4 heteroatoms. The van der Waals surface area contributed by atoms with Crippen LogP contribution in [0.3, 0.4) is 0 Å². The number of carbonyl (C=O) groups is 1. The van der Waals surface area contributed by atoms with Crippen LogP contribution in [-0.4, -0.2) is 16.2 Å². The molecule has 0 saturated carbocycles. The van der Waals surface area contributed by atoms with Gasteiger partial charge in [0, 0.05) is 17.8 Å². The highest BCUT2D eigenvalue weighted by Gasteiger charge is 2.16. The van der Waals surface area contributed by atoms with E-state index in [1.165, 1.54) is 4.90 Å². The molecule has 0 atom stereocenters. The normalized spacial score (nSPS) is 10.4. The van der Waals surface area contributed by atoms with Gasteiger partial charge in [0.1, 0.15) is 0 Å². The molecular formula is C16H12N2O2. The molecule has 0 unspecified atom stereocenters. The highest BCUT2D eigenvalue weighted by Crippen LogP contribution is 2.28. The number of anilines is 2. The van der Waals surface area contributed by atoms with Crippen molar-refractivity contribution in [3.05, 3.63) is 67.0 Å². The number of benzene rings is 2. The summed E-state index contributed by atoms with van der Waals surface area (Å²) in [4.78, 5) is 16.9. The van der Waals surface area contributed by atoms with Crippen molar-refractivity contribution < 1.29 is 9.90 Å². The minimum atomic E-state index is -1.01. The molecule has 0 saturated heterocycles. The molecule has 0 radical (unpaired) electrons. The lowest BCUT2D eigenvalue weighted by Crippen LogP contribution is -2.23. The fourth-order valence-electron chi connectivity index (χ4n) is 2.16. The standard InChI is InChI=1S/C16H12N2O2/c19-16(20)18(14-4-2-1-3-5-14)15-7-6-13-11-17-9-8-12(13)10-15/h1-11H,(H,19,20). The van der Waals surface area contributed by atoms with Gasteiger partial charge in [-0.3, -0.25) is 4.98 Å². The Morgan fingerprint density at radius 3 is 2.50 bits per heavy atom. The molecule has 0 fully saturated rings. The average Bonchev–Trinajstić information content (AvgIpc) is 2.48. The summed E-state index contributed by atoms with van der Waals surface area (Å²) in [6.07, 6.45) is 2.44. The summed E-state index contributed by atoms with van der Waals surface area (Å²) in [7, 11) is 0. The first-order chi connectivity index (χ1) is 9.75. The Kier molecular flexibility index (Phi) is 3.05. The van der Waals surface area contributed by atoms with Crippen LogP contribution in [0.1, 0.15) is 0 Å². The Bertz CT molecular complexity index is 757. The molecule has 3 rings (SSSR count). The number of rotatable bonds is 2. The zero-order chi connectivity index (χ0) is 13.9. The second-order valence-corrected chi connectivity index (χ2v) is 4.36. The van der Waals surface area contributed by atoms with E-state index >= 15 is 0 Å². The van der Waals surface area contributed by atoms with Gasteiger partial charge in [-0.05, 0) is 35.7 Å². The van der Waals surface area contributed by atoms with Gasteiger partial charge < -0.3 is 5.11 Å². The number of hydrogen-bond donors (Lipinski definition) is 1. The number of pyridine rings is 1. The zero-order valence-electron chi connectivity index (χ0n) is 10.6. The van der Waals surface area contributed by atoms with Crippen LogP contribution in [0.15, 0.2) is 67.0 Å². The molecular weight excluding hydrogens is 252 g/mol. The third-order valence-corrected chi connectivity index (χ3v) is 3.09. The van der Waals surface area contributed by atoms with E-state index in [2.05, 4.69) is 4.98 Å². The molecule has 0 aliphatic heterocycles. The van der Waals surface area contributed by atoms with E-state index in [4.69, 9.17) is 0 Å². The van der Waals surface area contributed by atoms with Gasteiger partial charge in [-0.25, -0.2) is 9.69 Å². The van der Waals surface area contributed by atoms with E-state index < -0.39 is 6.09 Å². The summed E-state index contributed by atoms with van der Waals surface area (Å²) in [5.74, 6) is 0. The van der Waals surface area contributed by atoms with Gasteiger partial charge in [0.05, 0.1) is 11.4 Å². The first-order valence-corrected chi connectivity index (χ1v) is 6.17. The number of fused-ring (bicyclic) bond motifs is 1. The van der Waals surface area contributed by atoms with Crippen LogP contribution in [0.4, 0.5) is 16.2 Å². The summed E-state index contributed by atoms with van der Waals surface area (Å²) in [6, 6.07) is 16.4. The van der Waals surface area contributed by atoms with Crippen LogP contribution >= 0.6 is 0 Å². The fourth-order valence-corrected chi connectivity index (χ4v) is 2.16. The fraction of sp³-hybridized carbons (Fsp3) is 0. The minimum Gasteiger partial charge on any atom is -0.464 e. The monoisotopic (exact) mass is 264 g/mol. The average molecular weight is 264 g/mol. The van der Waals surface area contributed by atoms with E-state index in [-0.39, 0.29) is 0 Å². The first-order valence-electron chi connectivity index (χ1n) is 6.17. The van der Waals surface area contributed by atoms with Crippen LogP contribution in [0, 0.1) is 0 Å². The molecule has 1 heterocycles. The summed E-state index contributed by atoms with van der Waals surface area (Å²) >= 11 is 0. The second kappa shape index (κ2) is 5.01. The lowest BCUT2D eigenvalue weighted by atomic mass is 10.1. The third-order valence-electron chi connectivity index (χ3n) is 3.09. The van der Waals surface area contributed by atoms with Gasteiger partial charge in [0.2, 0.25) is 0 Å². The van der Waals surface area contributed by atoms with Crippen molar-refractivity contribution in [3.63, 3.8) is 0 Å². The van der Waals surface area contributed by atoms with Crippen LogP contribution < -0.4 is 4.90 Å². The zero-order valence-corrected chi connectivity index (χ0v) is 10.6. The maximum absolute atomic E-state index is 11.6. The van der Waals surface area contributed by atoms with Crippen molar-refractivity contribution in [1.29, 1.82) is 0 Å². The SMILES string of the molecule is O=C(O)N(c1ccccc1)c1ccc2cnccc2c1. The molecule has 1 N–H and O–H groups in total. The van der Waals surface area contributed by atoms with Gasteiger partial charge in [-0.15, -0.1) is 0 Å². The minimum absolute atomic E-state index is 0.613. The molecule has 0 aliphatic rings. The summed E-state index contributed by atoms with van der Waals surface area (Å²) < 4.78 is 0. The maximum atomic E-state index is 11.6. The van der Waals surface area contributed by atoms with Gasteiger partial charge >= 0.3 is 6.09 Å². The Morgan fingerprint density at radius 1 is 0.950 bits per heavy atom. The summed E-state index contributed by atoms with van der Waals surface area (Å²) in [5.41, 5.74) is 1.23. The highest BCUT2D eigenvalue weighted by molar-refractivity contribution is 5.97. The summed E-state index contributed by atoms with van der Waals surface area (Å²) in [5, 5.41) is 11.4. The van der Waals surface area contributed by atoms with Crippen molar-refractivity contribution >= 4 is 28.2 Å². The van der Waals surface area contributed by atoms with Crippen molar-refractivity contribution in [1.82, 2.24) is 4.98 Å². The van der Waals surface area contributed by atoms with Crippen molar-refractivity contribution in [2.45, 2.75) is 0 Å². The molecule has 20 heavy (non-hydrogen) atoms. The Labute approximate surface area is 115 Å². The predicted octanol–water partition coefficient (Wildman–Crippen LogP) is 4.05. The Hall–Kier alpha value is -2.88. The van der Waals surface area contributed by atoms with Gasteiger partial charge in [-0.2, -0.15) is 0 Å². The smallest absolute Gasteiger partial charge is 0.416 e. The number of hydrogen-bond acceptors (Lipinski definition) is 2. The molecule has 3 aromatic rings. The van der Waals surface area contributed by atoms with Crippen molar-refractivity contribution in [3.8, 4) is 0 Å². The van der Waals surface area contributed by atoms with E-state index in [9.17, 15) is 9.90 Å². The molecule has 0 bridgehead atoms. The Morgan fingerprint density at radius 2 is 1.75 bits per heavy atom. The highest BCUT2D eigenvalue weighted by atomic mass is 16.4. The van der Waals surface area contributed by atoms with Crippen LogP contribution in [0.25, 0.3) is 10.8 Å². The van der Waals surface area contributed by atoms with Crippen molar-refractivity contribution in [2.75, 3.05) is 4.90 Å². The van der Waals surface area contributed by atoms with Crippen molar-refractivity contribution in [2.24, 2.45) is 0 Å². The predicted molar refractivity (Wildman–Crippen MR) is 78.3 cm³/mol. The van der Waals surface area contributed by atoms with Gasteiger partial charge in [0.25, 0.3) is 0 Å². The number of para-hydroxylation sites is 1. The molecule has 4 nitrogen and oxygen atoms in total. The first kappa shape index (κ1) is 12.2. The lowest BCUT2D eigenvalue weighted by Gasteiger charge is -2.19. The van der Waals surface area contributed by atoms with Gasteiger partial charge in [-0.1, -0.05) is 24.3 Å². The van der Waals surface area contributed by atoms with Crippen LogP contribution in [0.2, 0.25) is 0 Å². The summed E-state index contributed by atoms with van der Waals surface area (Å²) in [6.45, 7) is 0. The van der Waals surface area contributed by atoms with E-state index in [1.807, 2.05) is 36.4 Å². The van der Waals surface area contributed by atoms with Crippen LogP contribution in [-0.2, 0) is 0 Å². The molecule has 0 spiro atoms. The number of aromatic nitrogens is 1. The maximum Gasteiger partial charge on any atom is 0.416 e. The number of amides is 1. The molecule has 0 aliphatic carbocycles. The van der Waals surface area contributed by atoms with E-state index in [1.54, 1.807) is 30.6 Å². The second-order valence-electron chi connectivity index (χ2n) is 4.36. The number of carboxylic acid groups (broad SMARTS) is 1. The Balaban J connectivity index is 2.13. The lowest BCUT2D eigenvalue weighted by molar-refractivity contribution is 0.205. The molecule has 98 valence electrons. The molecule has 1 aromatic heterocycles. The number of nitrogens with zero attached hydrogens (tertiary/aromatic N) is 2. The van der Waals surface area contributed by atoms with Gasteiger partial charge in [0.15, 0.2) is 0 Å². The topological polar surface area (TPSA) is 53.4 Å². The quantitative estimate of drug-likeness (QED) is 0.759. The largest absolute Gasteiger partial charge is 0.464 e. The van der Waals surface area contributed by atoms with Crippen LogP contribution in [0.5, 0.6) is 0 Å². The molecule has 1 amide bonds. The van der Waals surface area contributed by atoms with E-state index in [0.29, 0.717) is 11.4 Å². The van der Waals surface area contributed by atoms with E-state index in [0.717, 1.165) is 10.8 Å². The third kappa shape index (κ3) is 2.19. The molecule has 2 aromatic carbocycles.